The number of thiophene rings is 1. The van der Waals surface area contributed by atoms with Crippen LogP contribution in [0.2, 0.25) is 0 Å². The molecule has 1 atom stereocenters. The smallest absolute Gasteiger partial charge is 0.251 e. The molecule has 0 bridgehead atoms. The molecule has 1 aliphatic carbocycles. The molecular formula is C22H25ClN2OS. The summed E-state index contributed by atoms with van der Waals surface area (Å²) >= 11 is 1.75. The molecule has 1 unspecified atom stereocenters. The number of hydrogen-bond donors (Lipinski definition) is 2. The van der Waals surface area contributed by atoms with Gasteiger partial charge in [-0.05, 0) is 61.4 Å². The van der Waals surface area contributed by atoms with Crippen LogP contribution >= 0.6 is 23.7 Å². The van der Waals surface area contributed by atoms with Crippen molar-refractivity contribution in [3.63, 3.8) is 0 Å². The molecule has 5 heteroatoms. The summed E-state index contributed by atoms with van der Waals surface area (Å²) in [5.41, 5.74) is 12.4. The molecule has 2 heterocycles. The zero-order valence-corrected chi connectivity index (χ0v) is 17.3. The quantitative estimate of drug-likeness (QED) is 0.660. The van der Waals surface area contributed by atoms with Crippen molar-refractivity contribution in [3.8, 4) is 10.4 Å². The molecule has 0 saturated carbocycles. The topological polar surface area (TPSA) is 58.9 Å². The van der Waals surface area contributed by atoms with Crippen LogP contribution in [0.1, 0.15) is 40.2 Å². The largest absolute Gasteiger partial charge is 0.326 e. The van der Waals surface area contributed by atoms with E-state index in [9.17, 15) is 4.79 Å². The Kier molecular flexibility index (Phi) is 5.89. The van der Waals surface area contributed by atoms with Gasteiger partial charge in [-0.25, -0.2) is 0 Å². The molecular weight excluding hydrogens is 376 g/mol. The third-order valence-corrected chi connectivity index (χ3v) is 6.73. The average Bonchev–Trinajstić information content (AvgIpc) is 3.28. The molecule has 0 aliphatic heterocycles. The summed E-state index contributed by atoms with van der Waals surface area (Å²) in [6.07, 6.45) is 2.85. The van der Waals surface area contributed by atoms with Crippen molar-refractivity contribution in [2.75, 3.05) is 0 Å². The number of aromatic amines is 1. The summed E-state index contributed by atoms with van der Waals surface area (Å²) in [7, 11) is 0. The first-order valence-electron chi connectivity index (χ1n) is 9.22. The van der Waals surface area contributed by atoms with Crippen LogP contribution in [0, 0.1) is 12.8 Å². The van der Waals surface area contributed by atoms with E-state index in [0.717, 1.165) is 36.1 Å². The molecule has 1 aromatic carbocycles. The number of pyridine rings is 1. The molecule has 2 aromatic heterocycles. The first-order valence-corrected chi connectivity index (χ1v) is 10.0. The number of hydrogen-bond acceptors (Lipinski definition) is 3. The SMILES string of the molecule is CCc1cc(-c2ccc(C(N)C3Cc4ccccc4C3)s2)c(C)[nH]c1=O.Cl. The number of aryl methyl sites for hydroxylation is 2. The number of H-pyrrole nitrogens is 1. The summed E-state index contributed by atoms with van der Waals surface area (Å²) < 4.78 is 0. The zero-order chi connectivity index (χ0) is 18.3. The molecule has 142 valence electrons. The van der Waals surface area contributed by atoms with Gasteiger partial charge in [0.25, 0.3) is 5.56 Å². The van der Waals surface area contributed by atoms with E-state index in [-0.39, 0.29) is 24.0 Å². The Morgan fingerprint density at radius 3 is 2.48 bits per heavy atom. The van der Waals surface area contributed by atoms with Crippen molar-refractivity contribution in [2.45, 2.75) is 39.2 Å². The zero-order valence-electron chi connectivity index (χ0n) is 15.6. The molecule has 0 amide bonds. The summed E-state index contributed by atoms with van der Waals surface area (Å²) in [6.45, 7) is 3.97. The van der Waals surface area contributed by atoms with Crippen LogP contribution in [0.25, 0.3) is 10.4 Å². The summed E-state index contributed by atoms with van der Waals surface area (Å²) in [6, 6.07) is 15.0. The molecule has 0 spiro atoms. The highest BCUT2D eigenvalue weighted by molar-refractivity contribution is 7.15. The number of nitrogens with one attached hydrogen (secondary N) is 1. The van der Waals surface area contributed by atoms with Gasteiger partial charge in [0, 0.05) is 32.6 Å². The van der Waals surface area contributed by atoms with Gasteiger partial charge in [-0.2, -0.15) is 0 Å². The van der Waals surface area contributed by atoms with Gasteiger partial charge >= 0.3 is 0 Å². The van der Waals surface area contributed by atoms with Gasteiger partial charge in [0.1, 0.15) is 0 Å². The highest BCUT2D eigenvalue weighted by atomic mass is 35.5. The van der Waals surface area contributed by atoms with E-state index < -0.39 is 0 Å². The van der Waals surface area contributed by atoms with Crippen LogP contribution in [0.5, 0.6) is 0 Å². The van der Waals surface area contributed by atoms with Crippen LogP contribution in [0.3, 0.4) is 0 Å². The second-order valence-corrected chi connectivity index (χ2v) is 8.30. The van der Waals surface area contributed by atoms with E-state index in [4.69, 9.17) is 5.73 Å². The van der Waals surface area contributed by atoms with Gasteiger partial charge in [0.2, 0.25) is 0 Å². The highest BCUT2D eigenvalue weighted by Gasteiger charge is 2.28. The van der Waals surface area contributed by atoms with E-state index >= 15 is 0 Å². The van der Waals surface area contributed by atoms with Crippen molar-refractivity contribution in [3.05, 3.63) is 80.1 Å². The van der Waals surface area contributed by atoms with Crippen LogP contribution in [-0.2, 0) is 19.3 Å². The molecule has 3 aromatic rings. The summed E-state index contributed by atoms with van der Waals surface area (Å²) in [4.78, 5) is 17.4. The highest BCUT2D eigenvalue weighted by Crippen LogP contribution is 2.38. The van der Waals surface area contributed by atoms with Crippen LogP contribution < -0.4 is 11.3 Å². The predicted molar refractivity (Wildman–Crippen MR) is 116 cm³/mol. The van der Waals surface area contributed by atoms with Gasteiger partial charge in [0.15, 0.2) is 0 Å². The Hall–Kier alpha value is -1.88. The van der Waals surface area contributed by atoms with E-state index in [1.807, 2.05) is 19.9 Å². The second kappa shape index (κ2) is 8.01. The Labute approximate surface area is 170 Å². The van der Waals surface area contributed by atoms with Gasteiger partial charge < -0.3 is 10.7 Å². The Balaban J connectivity index is 0.00000210. The minimum atomic E-state index is 0. The molecule has 1 aliphatic rings. The molecule has 3 N–H and O–H groups in total. The second-order valence-electron chi connectivity index (χ2n) is 7.18. The van der Waals surface area contributed by atoms with Crippen LogP contribution in [0.4, 0.5) is 0 Å². The fourth-order valence-corrected chi connectivity index (χ4v) is 5.12. The molecule has 0 radical (unpaired) electrons. The maximum atomic E-state index is 12.0. The van der Waals surface area contributed by atoms with E-state index in [1.165, 1.54) is 20.9 Å². The standard InChI is InChI=1S/C22H24N2OS.ClH/c1-3-14-12-18(13(2)24-22(14)25)19-8-9-20(26-19)21(23)17-10-15-6-4-5-7-16(15)11-17;/h4-9,12,17,21H,3,10-11,23H2,1-2H3,(H,24,25);1H. The third kappa shape index (κ3) is 3.75. The van der Waals surface area contributed by atoms with E-state index in [2.05, 4.69) is 41.4 Å². The molecule has 0 fully saturated rings. The fraction of sp³-hybridized carbons (Fsp3) is 0.318. The van der Waals surface area contributed by atoms with E-state index in [1.54, 1.807) is 11.3 Å². The van der Waals surface area contributed by atoms with Crippen LogP contribution in [0.15, 0.2) is 47.3 Å². The Morgan fingerprint density at radius 2 is 1.85 bits per heavy atom. The molecule has 3 nitrogen and oxygen atoms in total. The van der Waals surface area contributed by atoms with Gasteiger partial charge in [-0.3, -0.25) is 4.79 Å². The lowest BCUT2D eigenvalue weighted by molar-refractivity contribution is 0.459. The van der Waals surface area contributed by atoms with Crippen molar-refractivity contribution in [1.29, 1.82) is 0 Å². The number of rotatable bonds is 4. The Morgan fingerprint density at radius 1 is 1.19 bits per heavy atom. The summed E-state index contributed by atoms with van der Waals surface area (Å²) in [5.74, 6) is 0.460. The molecule has 4 rings (SSSR count). The first kappa shape index (κ1) is 19.9. The minimum Gasteiger partial charge on any atom is -0.326 e. The van der Waals surface area contributed by atoms with Crippen molar-refractivity contribution in [1.82, 2.24) is 4.98 Å². The number of halogens is 1. The number of nitrogens with two attached hydrogens (primary N) is 1. The lowest BCUT2D eigenvalue weighted by Gasteiger charge is -2.17. The van der Waals surface area contributed by atoms with Gasteiger partial charge in [-0.15, -0.1) is 23.7 Å². The van der Waals surface area contributed by atoms with Crippen molar-refractivity contribution < 1.29 is 0 Å². The third-order valence-electron chi connectivity index (χ3n) is 5.51. The van der Waals surface area contributed by atoms with E-state index in [0.29, 0.717) is 5.92 Å². The molecule has 0 saturated heterocycles. The predicted octanol–water partition coefficient (Wildman–Crippen LogP) is 4.81. The number of fused-ring (bicyclic) bond motifs is 1. The van der Waals surface area contributed by atoms with Gasteiger partial charge in [0.05, 0.1) is 0 Å². The monoisotopic (exact) mass is 400 g/mol. The lowest BCUT2D eigenvalue weighted by Crippen LogP contribution is -2.20. The van der Waals surface area contributed by atoms with Crippen molar-refractivity contribution >= 4 is 23.7 Å². The maximum absolute atomic E-state index is 12.0. The first-order chi connectivity index (χ1) is 12.6. The molecule has 27 heavy (non-hydrogen) atoms. The van der Waals surface area contributed by atoms with Crippen molar-refractivity contribution in [2.24, 2.45) is 11.7 Å². The average molecular weight is 401 g/mol. The normalized spacial score (nSPS) is 14.6. The maximum Gasteiger partial charge on any atom is 0.251 e. The number of benzene rings is 1. The minimum absolute atomic E-state index is 0. The van der Waals surface area contributed by atoms with Gasteiger partial charge in [-0.1, -0.05) is 31.2 Å². The van der Waals surface area contributed by atoms with Crippen LogP contribution in [-0.4, -0.2) is 4.98 Å². The fourth-order valence-electron chi connectivity index (χ4n) is 3.94. The summed E-state index contributed by atoms with van der Waals surface area (Å²) in [5, 5.41) is 0. The lowest BCUT2D eigenvalue weighted by atomic mass is 9.96. The number of aromatic nitrogens is 1. The Bertz CT molecular complexity index is 983.